The Labute approximate surface area is 207 Å². The van der Waals surface area contributed by atoms with E-state index in [-0.39, 0.29) is 12.4 Å². The van der Waals surface area contributed by atoms with E-state index in [4.69, 9.17) is 28.6 Å². The highest BCUT2D eigenvalue weighted by molar-refractivity contribution is 5.97. The number of benzene rings is 2. The lowest BCUT2D eigenvalue weighted by Crippen LogP contribution is -3.00. The summed E-state index contributed by atoms with van der Waals surface area (Å²) in [6, 6.07) is 7.62. The number of nitrogens with zero attached hydrogens (tertiary/aromatic N) is 1. The van der Waals surface area contributed by atoms with E-state index in [2.05, 4.69) is 16.2 Å². The number of ether oxygens (including phenoxy) is 4. The molecule has 0 spiro atoms. The lowest BCUT2D eigenvalue weighted by molar-refractivity contribution is -0.401. The second-order valence-electron chi connectivity index (χ2n) is 7.18. The third kappa shape index (κ3) is 5.94. The average molecular weight is 508 g/mol. The highest BCUT2D eigenvalue weighted by Crippen LogP contribution is 2.44. The summed E-state index contributed by atoms with van der Waals surface area (Å²) in [6.07, 6.45) is 1.14. The van der Waals surface area contributed by atoms with E-state index in [1.807, 2.05) is 0 Å². The van der Waals surface area contributed by atoms with E-state index in [1.165, 1.54) is 28.4 Å². The van der Waals surface area contributed by atoms with Crippen molar-refractivity contribution in [3.8, 4) is 45.4 Å². The first-order valence-corrected chi connectivity index (χ1v) is 10.1. The average Bonchev–Trinajstić information content (AvgIpc) is 3.32. The number of carbonyl (C=O) groups is 2. The molecule has 0 saturated carbocycles. The summed E-state index contributed by atoms with van der Waals surface area (Å²) in [4.78, 5) is 23.4. The molecule has 0 aliphatic rings. The van der Waals surface area contributed by atoms with Crippen LogP contribution in [0.5, 0.6) is 23.0 Å². The van der Waals surface area contributed by atoms with Gasteiger partial charge in [0.1, 0.15) is 12.2 Å². The number of anilines is 1. The van der Waals surface area contributed by atoms with Gasteiger partial charge >= 0.3 is 5.97 Å². The molecule has 2 aromatic carbocycles. The standard InChI is InChI=1S/C23H25N3O8.ClH/c1-30-17-6-5-12(7-16(17)26-23(29)15(24)10-20(27)28)14-11-25-34-21(14)13-8-18(31-2)22(33-4)19(9-13)32-3;/h5-9,11,15H,10,24H2,1-4H3,(H,26,29)(H,27,28);1H. The van der Waals surface area contributed by atoms with Crippen LogP contribution in [0.25, 0.3) is 22.5 Å². The Balaban J connectivity index is 0.00000432. The number of nitrogens with one attached hydrogen (secondary N) is 1. The quantitative estimate of drug-likeness (QED) is 0.315. The first kappa shape index (κ1) is 27.3. The van der Waals surface area contributed by atoms with Crippen molar-refractivity contribution in [2.45, 2.75) is 12.5 Å². The zero-order valence-corrected chi connectivity index (χ0v) is 20.3. The SMILES string of the molecule is COc1ccc(-c2cnoc2-c2cc(OC)c(OC)c(OC)c2)cc1NC(=O)C([NH3+])CC(=O)O.[Cl-]. The molecular formula is C23H26ClN3O8. The van der Waals surface area contributed by atoms with Gasteiger partial charge < -0.3 is 52.0 Å². The molecule has 0 bridgehead atoms. The van der Waals surface area contributed by atoms with E-state index in [0.29, 0.717) is 51.1 Å². The van der Waals surface area contributed by atoms with Gasteiger partial charge in [-0.25, -0.2) is 0 Å². The lowest BCUT2D eigenvalue weighted by atomic mass is 10.0. The zero-order chi connectivity index (χ0) is 24.8. The van der Waals surface area contributed by atoms with Crippen molar-refractivity contribution < 1.29 is 56.3 Å². The van der Waals surface area contributed by atoms with Crippen molar-refractivity contribution in [2.24, 2.45) is 0 Å². The van der Waals surface area contributed by atoms with Gasteiger partial charge in [0.2, 0.25) is 5.75 Å². The minimum Gasteiger partial charge on any atom is -1.00 e. The van der Waals surface area contributed by atoms with E-state index < -0.39 is 24.3 Å². The molecule has 1 unspecified atom stereocenters. The fourth-order valence-electron chi connectivity index (χ4n) is 3.38. The van der Waals surface area contributed by atoms with Gasteiger partial charge in [0.15, 0.2) is 23.3 Å². The van der Waals surface area contributed by atoms with Crippen LogP contribution in [0.2, 0.25) is 0 Å². The number of carbonyl (C=O) groups excluding carboxylic acids is 1. The van der Waals surface area contributed by atoms with Crippen LogP contribution in [0.15, 0.2) is 41.1 Å². The predicted molar refractivity (Wildman–Crippen MR) is 121 cm³/mol. The van der Waals surface area contributed by atoms with Crippen molar-refractivity contribution in [2.75, 3.05) is 33.8 Å². The Morgan fingerprint density at radius 2 is 1.63 bits per heavy atom. The van der Waals surface area contributed by atoms with Crippen molar-refractivity contribution in [1.29, 1.82) is 0 Å². The zero-order valence-electron chi connectivity index (χ0n) is 19.6. The molecule has 5 N–H and O–H groups in total. The maximum atomic E-state index is 12.4. The molecule has 1 amide bonds. The van der Waals surface area contributed by atoms with Crippen molar-refractivity contribution in [3.63, 3.8) is 0 Å². The first-order valence-electron chi connectivity index (χ1n) is 10.1. The molecular weight excluding hydrogens is 482 g/mol. The smallest absolute Gasteiger partial charge is 0.309 e. The Hall–Kier alpha value is -3.96. The number of hydrogen-bond donors (Lipinski definition) is 3. The number of rotatable bonds is 10. The Bertz CT molecular complexity index is 1170. The monoisotopic (exact) mass is 507 g/mol. The van der Waals surface area contributed by atoms with Crippen LogP contribution in [0, 0.1) is 0 Å². The van der Waals surface area contributed by atoms with E-state index in [0.717, 1.165) is 0 Å². The molecule has 11 nitrogen and oxygen atoms in total. The summed E-state index contributed by atoms with van der Waals surface area (Å²) >= 11 is 0. The minimum atomic E-state index is -1.12. The molecule has 0 saturated heterocycles. The topological polar surface area (TPSA) is 157 Å². The lowest BCUT2D eigenvalue weighted by Gasteiger charge is -2.14. The fraction of sp³-hybridized carbons (Fsp3) is 0.261. The minimum absolute atomic E-state index is 0. The number of halogens is 1. The second-order valence-corrected chi connectivity index (χ2v) is 7.18. The summed E-state index contributed by atoms with van der Waals surface area (Å²) in [5.41, 5.74) is 5.88. The third-order valence-electron chi connectivity index (χ3n) is 5.06. The van der Waals surface area contributed by atoms with Crippen LogP contribution in [-0.4, -0.2) is 56.6 Å². The van der Waals surface area contributed by atoms with Crippen molar-refractivity contribution >= 4 is 17.6 Å². The molecule has 0 radical (unpaired) electrons. The molecule has 0 aliphatic heterocycles. The van der Waals surface area contributed by atoms with Crippen LogP contribution in [0.3, 0.4) is 0 Å². The molecule has 3 aromatic rings. The van der Waals surface area contributed by atoms with Gasteiger partial charge in [0.25, 0.3) is 5.91 Å². The van der Waals surface area contributed by atoms with Gasteiger partial charge in [-0.1, -0.05) is 11.2 Å². The van der Waals surface area contributed by atoms with Crippen LogP contribution in [0.4, 0.5) is 5.69 Å². The normalized spacial score (nSPS) is 11.1. The molecule has 188 valence electrons. The molecule has 35 heavy (non-hydrogen) atoms. The molecule has 3 rings (SSSR count). The van der Waals surface area contributed by atoms with Crippen LogP contribution >= 0.6 is 0 Å². The van der Waals surface area contributed by atoms with Crippen LogP contribution < -0.4 is 42.4 Å². The van der Waals surface area contributed by atoms with Crippen LogP contribution in [-0.2, 0) is 9.59 Å². The maximum absolute atomic E-state index is 12.4. The van der Waals surface area contributed by atoms with Crippen molar-refractivity contribution in [3.05, 3.63) is 36.5 Å². The molecule has 12 heteroatoms. The van der Waals surface area contributed by atoms with Crippen molar-refractivity contribution in [1.82, 2.24) is 5.16 Å². The number of aromatic nitrogens is 1. The second kappa shape index (κ2) is 12.0. The van der Waals surface area contributed by atoms with Gasteiger partial charge in [0.05, 0.1) is 40.3 Å². The molecule has 1 heterocycles. The summed E-state index contributed by atoms with van der Waals surface area (Å²) in [6.45, 7) is 0. The number of quaternary nitrogens is 1. The van der Waals surface area contributed by atoms with E-state index in [1.54, 1.807) is 36.5 Å². The van der Waals surface area contributed by atoms with E-state index >= 15 is 0 Å². The number of carboxylic acids is 1. The number of hydrogen-bond acceptors (Lipinski definition) is 8. The van der Waals surface area contributed by atoms with Gasteiger partial charge in [-0.3, -0.25) is 9.59 Å². The fourth-order valence-corrected chi connectivity index (χ4v) is 3.38. The first-order chi connectivity index (χ1) is 16.3. The van der Waals surface area contributed by atoms with Gasteiger partial charge in [-0.2, -0.15) is 0 Å². The largest absolute Gasteiger partial charge is 1.00 e. The molecule has 1 atom stereocenters. The van der Waals surface area contributed by atoms with E-state index in [9.17, 15) is 9.59 Å². The molecule has 0 fully saturated rings. The highest BCUT2D eigenvalue weighted by Gasteiger charge is 2.23. The van der Waals surface area contributed by atoms with Gasteiger partial charge in [0, 0.05) is 11.1 Å². The Morgan fingerprint density at radius 1 is 1.00 bits per heavy atom. The maximum Gasteiger partial charge on any atom is 0.309 e. The van der Waals surface area contributed by atoms with Gasteiger partial charge in [-0.15, -0.1) is 0 Å². The number of carboxylic acid groups (broad SMARTS) is 1. The summed E-state index contributed by atoms with van der Waals surface area (Å²) < 4.78 is 27.1. The predicted octanol–water partition coefficient (Wildman–Crippen LogP) is -0.929. The number of amides is 1. The van der Waals surface area contributed by atoms with Gasteiger partial charge in [-0.05, 0) is 29.8 Å². The molecule has 0 aliphatic carbocycles. The van der Waals surface area contributed by atoms with Crippen LogP contribution in [0.1, 0.15) is 6.42 Å². The summed E-state index contributed by atoms with van der Waals surface area (Å²) in [7, 11) is 6.01. The highest BCUT2D eigenvalue weighted by atomic mass is 35.5. The molecule has 1 aromatic heterocycles. The summed E-state index contributed by atoms with van der Waals surface area (Å²) in [5, 5.41) is 15.6. The third-order valence-corrected chi connectivity index (χ3v) is 5.06. The summed E-state index contributed by atoms with van der Waals surface area (Å²) in [5.74, 6) is 0.494. The number of methoxy groups -OCH3 is 4. The Morgan fingerprint density at radius 3 is 2.17 bits per heavy atom. The Kier molecular flexibility index (Phi) is 9.32. The number of aliphatic carboxylic acids is 1.